The van der Waals surface area contributed by atoms with Crippen LogP contribution in [0.15, 0.2) is 0 Å². The maximum atomic E-state index is 11.9. The summed E-state index contributed by atoms with van der Waals surface area (Å²) in [5, 5.41) is 2.97. The quantitative estimate of drug-likeness (QED) is 0.712. The van der Waals surface area contributed by atoms with E-state index >= 15 is 0 Å². The summed E-state index contributed by atoms with van der Waals surface area (Å²) in [6.45, 7) is 2.27. The van der Waals surface area contributed by atoms with Gasteiger partial charge in [-0.1, -0.05) is 12.8 Å². The summed E-state index contributed by atoms with van der Waals surface area (Å²) in [6, 6.07) is -0.0842. The highest BCUT2D eigenvalue weighted by atomic mass is 16.2. The summed E-state index contributed by atoms with van der Waals surface area (Å²) in [5.74, 6) is 0.0325. The first-order valence-corrected chi connectivity index (χ1v) is 6.43. The molecule has 0 aromatic carbocycles. The van der Waals surface area contributed by atoms with Crippen LogP contribution in [-0.2, 0) is 9.59 Å². The van der Waals surface area contributed by atoms with Crippen molar-refractivity contribution in [2.45, 2.75) is 57.2 Å². The first kappa shape index (κ1) is 12.4. The molecule has 5 nitrogen and oxygen atoms in total. The average Bonchev–Trinajstić information content (AvgIpc) is 2.60. The van der Waals surface area contributed by atoms with Crippen LogP contribution in [0.5, 0.6) is 0 Å². The Morgan fingerprint density at radius 1 is 1.35 bits per heavy atom. The summed E-state index contributed by atoms with van der Waals surface area (Å²) < 4.78 is 0. The van der Waals surface area contributed by atoms with Crippen molar-refractivity contribution >= 4 is 11.8 Å². The second-order valence-electron chi connectivity index (χ2n) is 5.09. The molecule has 1 aliphatic heterocycles. The van der Waals surface area contributed by atoms with E-state index in [1.54, 1.807) is 0 Å². The lowest BCUT2D eigenvalue weighted by atomic mass is 9.89. The molecule has 0 unspecified atom stereocenters. The molecule has 3 N–H and O–H groups in total. The van der Waals surface area contributed by atoms with Crippen LogP contribution >= 0.6 is 0 Å². The highest BCUT2D eigenvalue weighted by Crippen LogP contribution is 2.26. The molecule has 1 saturated heterocycles. The Labute approximate surface area is 102 Å². The van der Waals surface area contributed by atoms with Gasteiger partial charge < -0.3 is 16.0 Å². The molecule has 2 amide bonds. The molecule has 2 aliphatic rings. The van der Waals surface area contributed by atoms with Crippen LogP contribution in [0.3, 0.4) is 0 Å². The number of nitrogens with two attached hydrogens (primary N) is 1. The van der Waals surface area contributed by atoms with Crippen molar-refractivity contribution in [3.63, 3.8) is 0 Å². The fourth-order valence-corrected chi connectivity index (χ4v) is 2.97. The van der Waals surface area contributed by atoms with E-state index in [0.29, 0.717) is 0 Å². The standard InChI is InChI=1S/C12H21N3O2/c1-8(16)14-10-4-2-3-5-11(10)15-7-6-9(13)12(15)17/h9-11H,2-7,13H2,1H3,(H,14,16)/t9-,10+,11-/m0/s1. The van der Waals surface area contributed by atoms with Gasteiger partial charge >= 0.3 is 0 Å². The third-order valence-electron chi connectivity index (χ3n) is 3.80. The molecule has 5 heteroatoms. The van der Waals surface area contributed by atoms with E-state index in [-0.39, 0.29) is 29.9 Å². The van der Waals surface area contributed by atoms with Gasteiger partial charge in [-0.15, -0.1) is 0 Å². The van der Waals surface area contributed by atoms with Gasteiger partial charge in [-0.25, -0.2) is 0 Å². The van der Waals surface area contributed by atoms with Gasteiger partial charge in [0.25, 0.3) is 0 Å². The Morgan fingerprint density at radius 2 is 2.06 bits per heavy atom. The van der Waals surface area contributed by atoms with Gasteiger partial charge in [0, 0.05) is 19.5 Å². The van der Waals surface area contributed by atoms with Gasteiger partial charge in [0.1, 0.15) is 0 Å². The molecule has 0 aromatic rings. The maximum absolute atomic E-state index is 11.9. The zero-order chi connectivity index (χ0) is 12.4. The molecule has 3 atom stereocenters. The third-order valence-corrected chi connectivity index (χ3v) is 3.80. The monoisotopic (exact) mass is 239 g/mol. The number of hydrogen-bond acceptors (Lipinski definition) is 3. The lowest BCUT2D eigenvalue weighted by Crippen LogP contribution is -2.54. The number of rotatable bonds is 2. The lowest BCUT2D eigenvalue weighted by Gasteiger charge is -2.38. The van der Waals surface area contributed by atoms with E-state index in [4.69, 9.17) is 5.73 Å². The Bertz CT molecular complexity index is 319. The maximum Gasteiger partial charge on any atom is 0.239 e. The van der Waals surface area contributed by atoms with Crippen LogP contribution in [0.25, 0.3) is 0 Å². The highest BCUT2D eigenvalue weighted by Gasteiger charge is 2.38. The van der Waals surface area contributed by atoms with Crippen LogP contribution in [-0.4, -0.2) is 41.4 Å². The van der Waals surface area contributed by atoms with Crippen molar-refractivity contribution in [3.05, 3.63) is 0 Å². The second kappa shape index (κ2) is 5.04. The van der Waals surface area contributed by atoms with Gasteiger partial charge in [-0.05, 0) is 19.3 Å². The predicted molar refractivity (Wildman–Crippen MR) is 64.2 cm³/mol. The summed E-state index contributed by atoms with van der Waals surface area (Å²) in [4.78, 5) is 25.0. The minimum absolute atomic E-state index is 0.0159. The molecule has 2 rings (SSSR count). The summed E-state index contributed by atoms with van der Waals surface area (Å²) in [5.41, 5.74) is 5.74. The number of nitrogens with one attached hydrogen (secondary N) is 1. The van der Waals surface area contributed by atoms with E-state index < -0.39 is 0 Å². The summed E-state index contributed by atoms with van der Waals surface area (Å²) >= 11 is 0. The Kier molecular flexibility index (Phi) is 3.66. The largest absolute Gasteiger partial charge is 0.352 e. The molecule has 96 valence electrons. The molecule has 0 aromatic heterocycles. The van der Waals surface area contributed by atoms with Crippen LogP contribution in [0.2, 0.25) is 0 Å². The fourth-order valence-electron chi connectivity index (χ4n) is 2.97. The fraction of sp³-hybridized carbons (Fsp3) is 0.833. The molecule has 0 radical (unpaired) electrons. The molecule has 0 bridgehead atoms. The van der Waals surface area contributed by atoms with Crippen molar-refractivity contribution < 1.29 is 9.59 Å². The number of hydrogen-bond donors (Lipinski definition) is 2. The lowest BCUT2D eigenvalue weighted by molar-refractivity contribution is -0.133. The van der Waals surface area contributed by atoms with E-state index in [0.717, 1.165) is 38.6 Å². The molecule has 1 saturated carbocycles. The van der Waals surface area contributed by atoms with Gasteiger partial charge in [0.2, 0.25) is 11.8 Å². The second-order valence-corrected chi connectivity index (χ2v) is 5.09. The number of nitrogens with zero attached hydrogens (tertiary/aromatic N) is 1. The topological polar surface area (TPSA) is 75.4 Å². The van der Waals surface area contributed by atoms with Gasteiger partial charge in [0.05, 0.1) is 12.1 Å². The zero-order valence-electron chi connectivity index (χ0n) is 10.3. The first-order valence-electron chi connectivity index (χ1n) is 6.43. The Morgan fingerprint density at radius 3 is 2.65 bits per heavy atom. The molecule has 1 heterocycles. The smallest absolute Gasteiger partial charge is 0.239 e. The van der Waals surface area contributed by atoms with Crippen LogP contribution in [0.4, 0.5) is 0 Å². The Balaban J connectivity index is 2.05. The van der Waals surface area contributed by atoms with E-state index in [1.807, 2.05) is 4.90 Å². The average molecular weight is 239 g/mol. The number of carbonyl (C=O) groups is 2. The minimum atomic E-state index is -0.338. The Hall–Kier alpha value is -1.10. The number of carbonyl (C=O) groups excluding carboxylic acids is 2. The zero-order valence-corrected chi connectivity index (χ0v) is 10.3. The van der Waals surface area contributed by atoms with Crippen molar-refractivity contribution in [3.8, 4) is 0 Å². The van der Waals surface area contributed by atoms with E-state index in [9.17, 15) is 9.59 Å². The molecule has 1 aliphatic carbocycles. The van der Waals surface area contributed by atoms with Crippen molar-refractivity contribution in [2.24, 2.45) is 5.73 Å². The highest BCUT2D eigenvalue weighted by molar-refractivity contribution is 5.84. The number of amides is 2. The molecular formula is C12H21N3O2. The van der Waals surface area contributed by atoms with E-state index in [2.05, 4.69) is 5.32 Å². The SMILES string of the molecule is CC(=O)N[C@@H]1CCCC[C@@H]1N1CC[C@H](N)C1=O. The van der Waals surface area contributed by atoms with Crippen LogP contribution in [0, 0.1) is 0 Å². The van der Waals surface area contributed by atoms with Crippen LogP contribution < -0.4 is 11.1 Å². The molecule has 2 fully saturated rings. The van der Waals surface area contributed by atoms with Crippen molar-refractivity contribution in [2.75, 3.05) is 6.54 Å². The van der Waals surface area contributed by atoms with E-state index in [1.165, 1.54) is 6.92 Å². The predicted octanol–water partition coefficient (Wildman–Crippen LogP) is -0.00670. The first-order chi connectivity index (χ1) is 8.09. The normalized spacial score (nSPS) is 33.9. The van der Waals surface area contributed by atoms with Crippen LogP contribution in [0.1, 0.15) is 39.0 Å². The molecular weight excluding hydrogens is 218 g/mol. The van der Waals surface area contributed by atoms with Gasteiger partial charge in [-0.2, -0.15) is 0 Å². The van der Waals surface area contributed by atoms with Crippen molar-refractivity contribution in [1.29, 1.82) is 0 Å². The third kappa shape index (κ3) is 2.60. The summed E-state index contributed by atoms with van der Waals surface area (Å²) in [7, 11) is 0. The van der Waals surface area contributed by atoms with Gasteiger partial charge in [0.15, 0.2) is 0 Å². The molecule has 17 heavy (non-hydrogen) atoms. The molecule has 0 spiro atoms. The number of likely N-dealkylation sites (tertiary alicyclic amines) is 1. The van der Waals surface area contributed by atoms with Crippen molar-refractivity contribution in [1.82, 2.24) is 10.2 Å². The summed E-state index contributed by atoms with van der Waals surface area (Å²) in [6.07, 6.45) is 4.92. The minimum Gasteiger partial charge on any atom is -0.352 e. The van der Waals surface area contributed by atoms with Gasteiger partial charge in [-0.3, -0.25) is 9.59 Å².